The molecule has 2 fully saturated rings. The fourth-order valence-corrected chi connectivity index (χ4v) is 4.12. The minimum Gasteiger partial charge on any atom is -0.345 e. The van der Waals surface area contributed by atoms with Gasteiger partial charge in [0, 0.05) is 18.5 Å². The molecule has 2 aromatic rings. The highest BCUT2D eigenvalue weighted by Crippen LogP contribution is 2.53. The summed E-state index contributed by atoms with van der Waals surface area (Å²) in [5, 5.41) is 6.67. The third-order valence-electron chi connectivity index (χ3n) is 5.55. The number of hydrogen-bond donors (Lipinski definition) is 4. The van der Waals surface area contributed by atoms with E-state index in [2.05, 4.69) is 20.6 Å². The Morgan fingerprint density at radius 3 is 2.68 bits per heavy atom. The van der Waals surface area contributed by atoms with Gasteiger partial charge in [0.1, 0.15) is 17.7 Å². The highest BCUT2D eigenvalue weighted by Gasteiger charge is 2.78. The number of piperidine rings is 1. The predicted octanol–water partition coefficient (Wildman–Crippen LogP) is -0.252. The van der Waals surface area contributed by atoms with Crippen molar-refractivity contribution < 1.29 is 9.18 Å². The zero-order valence-electron chi connectivity index (χ0n) is 14.1. The summed E-state index contributed by atoms with van der Waals surface area (Å²) in [5.74, 6) is -1.09. The van der Waals surface area contributed by atoms with Crippen LogP contribution in [-0.2, 0) is 10.3 Å². The highest BCUT2D eigenvalue weighted by atomic mass is 19.1. The SMILES string of the molecule is CC(C)(NC(=O)[C@H]1[C@]2(N)CNC[C@]12N)c1ncnc2c(F)cccc12. The van der Waals surface area contributed by atoms with Crippen LogP contribution in [0.15, 0.2) is 24.5 Å². The number of nitrogens with two attached hydrogens (primary N) is 2. The van der Waals surface area contributed by atoms with Crippen LogP contribution < -0.4 is 22.1 Å². The number of carbonyl (C=O) groups excluding carboxylic acids is 1. The fourth-order valence-electron chi connectivity index (χ4n) is 4.12. The Bertz CT molecular complexity index is 871. The average Bonchev–Trinajstić information content (AvgIpc) is 2.85. The van der Waals surface area contributed by atoms with E-state index in [-0.39, 0.29) is 11.4 Å². The van der Waals surface area contributed by atoms with E-state index < -0.39 is 28.4 Å². The first kappa shape index (κ1) is 16.3. The number of nitrogens with zero attached hydrogens (tertiary/aromatic N) is 2. The summed E-state index contributed by atoms with van der Waals surface area (Å²) in [6.45, 7) is 4.67. The lowest BCUT2D eigenvalue weighted by Crippen LogP contribution is -2.47. The third kappa shape index (κ3) is 2.11. The third-order valence-corrected chi connectivity index (χ3v) is 5.55. The van der Waals surface area contributed by atoms with Crippen molar-refractivity contribution in [2.75, 3.05) is 13.1 Å². The van der Waals surface area contributed by atoms with Crippen molar-refractivity contribution in [2.45, 2.75) is 30.5 Å². The number of halogens is 1. The van der Waals surface area contributed by atoms with Crippen LogP contribution in [0.2, 0.25) is 0 Å². The summed E-state index contributed by atoms with van der Waals surface area (Å²) in [7, 11) is 0. The Kier molecular flexibility index (Phi) is 3.22. The molecule has 0 radical (unpaired) electrons. The summed E-state index contributed by atoms with van der Waals surface area (Å²) < 4.78 is 14.0. The molecule has 1 saturated heterocycles. The van der Waals surface area contributed by atoms with E-state index in [1.807, 2.05) is 13.8 Å². The van der Waals surface area contributed by atoms with Gasteiger partial charge in [-0.1, -0.05) is 12.1 Å². The van der Waals surface area contributed by atoms with Gasteiger partial charge in [0.2, 0.25) is 5.91 Å². The minimum atomic E-state index is -0.830. The number of carbonyl (C=O) groups is 1. The van der Waals surface area contributed by atoms with Crippen LogP contribution in [0.25, 0.3) is 10.9 Å². The van der Waals surface area contributed by atoms with Crippen LogP contribution in [0.1, 0.15) is 19.5 Å². The van der Waals surface area contributed by atoms with Crippen LogP contribution >= 0.6 is 0 Å². The number of nitrogens with one attached hydrogen (secondary N) is 2. The number of amides is 1. The Morgan fingerprint density at radius 1 is 1.32 bits per heavy atom. The van der Waals surface area contributed by atoms with E-state index in [9.17, 15) is 9.18 Å². The molecular weight excluding hydrogens is 323 g/mol. The van der Waals surface area contributed by atoms with Gasteiger partial charge >= 0.3 is 0 Å². The summed E-state index contributed by atoms with van der Waals surface area (Å²) in [5.41, 5.74) is 11.1. The molecule has 6 N–H and O–H groups in total. The maximum atomic E-state index is 14.0. The molecule has 25 heavy (non-hydrogen) atoms. The molecule has 132 valence electrons. The maximum absolute atomic E-state index is 14.0. The van der Waals surface area contributed by atoms with E-state index in [0.29, 0.717) is 24.2 Å². The lowest BCUT2D eigenvalue weighted by molar-refractivity contribution is -0.124. The lowest BCUT2D eigenvalue weighted by atomic mass is 9.95. The Labute approximate surface area is 144 Å². The van der Waals surface area contributed by atoms with Crippen molar-refractivity contribution in [1.82, 2.24) is 20.6 Å². The number of para-hydroxylation sites is 1. The monoisotopic (exact) mass is 344 g/mol. The van der Waals surface area contributed by atoms with Crippen LogP contribution in [0.5, 0.6) is 0 Å². The van der Waals surface area contributed by atoms with Crippen LogP contribution in [0, 0.1) is 11.7 Å². The van der Waals surface area contributed by atoms with Gasteiger partial charge in [0.05, 0.1) is 28.2 Å². The maximum Gasteiger partial charge on any atom is 0.227 e. The molecule has 1 aromatic heterocycles. The highest BCUT2D eigenvalue weighted by molar-refractivity contribution is 5.89. The van der Waals surface area contributed by atoms with E-state index >= 15 is 0 Å². The van der Waals surface area contributed by atoms with Crippen LogP contribution in [-0.4, -0.2) is 40.0 Å². The van der Waals surface area contributed by atoms with Gasteiger partial charge in [0.25, 0.3) is 0 Å². The van der Waals surface area contributed by atoms with Gasteiger partial charge in [-0.25, -0.2) is 14.4 Å². The number of rotatable bonds is 3. The smallest absolute Gasteiger partial charge is 0.227 e. The Hall–Kier alpha value is -2.16. The summed E-state index contributed by atoms with van der Waals surface area (Å²) in [6, 6.07) is 4.69. The quantitative estimate of drug-likeness (QED) is 0.610. The average molecular weight is 344 g/mol. The number of benzene rings is 1. The molecular formula is C17H21FN6O. The van der Waals surface area contributed by atoms with Crippen molar-refractivity contribution >= 4 is 16.8 Å². The molecule has 7 nitrogen and oxygen atoms in total. The largest absolute Gasteiger partial charge is 0.345 e. The second-order valence-electron chi connectivity index (χ2n) is 7.59. The first-order chi connectivity index (χ1) is 11.7. The van der Waals surface area contributed by atoms with Gasteiger partial charge in [0.15, 0.2) is 0 Å². The molecule has 0 unspecified atom stereocenters. The van der Waals surface area contributed by atoms with Gasteiger partial charge in [-0.2, -0.15) is 0 Å². The molecule has 4 rings (SSSR count). The normalized spacial score (nSPS) is 31.0. The van der Waals surface area contributed by atoms with Gasteiger partial charge in [-0.3, -0.25) is 4.79 Å². The molecule has 1 amide bonds. The van der Waals surface area contributed by atoms with E-state index in [4.69, 9.17) is 11.5 Å². The topological polar surface area (TPSA) is 119 Å². The predicted molar refractivity (Wildman–Crippen MR) is 90.9 cm³/mol. The number of hydrogen-bond acceptors (Lipinski definition) is 6. The second kappa shape index (κ2) is 4.94. The summed E-state index contributed by atoms with van der Waals surface area (Å²) in [4.78, 5) is 21.1. The van der Waals surface area contributed by atoms with E-state index in [1.54, 1.807) is 12.1 Å². The van der Waals surface area contributed by atoms with Gasteiger partial charge < -0.3 is 22.1 Å². The van der Waals surface area contributed by atoms with Crippen molar-refractivity contribution in [3.05, 3.63) is 36.0 Å². The van der Waals surface area contributed by atoms with Gasteiger partial charge in [-0.15, -0.1) is 0 Å². The molecule has 3 atom stereocenters. The minimum absolute atomic E-state index is 0.209. The van der Waals surface area contributed by atoms with E-state index in [1.165, 1.54) is 12.4 Å². The van der Waals surface area contributed by atoms with Crippen molar-refractivity contribution in [3.8, 4) is 0 Å². The molecule has 1 aromatic carbocycles. The number of aromatic nitrogens is 2. The molecule has 1 aliphatic carbocycles. The molecule has 1 saturated carbocycles. The second-order valence-corrected chi connectivity index (χ2v) is 7.59. The Balaban J connectivity index is 1.65. The van der Waals surface area contributed by atoms with Crippen molar-refractivity contribution in [3.63, 3.8) is 0 Å². The molecule has 2 aliphatic rings. The summed E-state index contributed by atoms with van der Waals surface area (Å²) in [6.07, 6.45) is 1.30. The molecule has 2 heterocycles. The van der Waals surface area contributed by atoms with Crippen LogP contribution in [0.4, 0.5) is 4.39 Å². The first-order valence-electron chi connectivity index (χ1n) is 8.21. The van der Waals surface area contributed by atoms with Crippen LogP contribution in [0.3, 0.4) is 0 Å². The van der Waals surface area contributed by atoms with Crippen molar-refractivity contribution in [1.29, 1.82) is 0 Å². The summed E-state index contributed by atoms with van der Waals surface area (Å²) >= 11 is 0. The van der Waals surface area contributed by atoms with Gasteiger partial charge in [-0.05, 0) is 19.9 Å². The first-order valence-corrected chi connectivity index (χ1v) is 8.21. The molecule has 0 bridgehead atoms. The fraction of sp³-hybridized carbons (Fsp3) is 0.471. The van der Waals surface area contributed by atoms with Crippen molar-refractivity contribution in [2.24, 2.45) is 17.4 Å². The lowest BCUT2D eigenvalue weighted by Gasteiger charge is -2.27. The molecule has 8 heteroatoms. The zero-order valence-corrected chi connectivity index (χ0v) is 14.1. The number of fused-ring (bicyclic) bond motifs is 2. The standard InChI is InChI=1S/C17H21FN6O/c1-15(2,13-9-4-3-5-10(18)11(9)22-8-23-13)24-14(25)12-16(19)6-21-7-17(12,16)20/h3-5,8,12,21H,6-7,19-20H2,1-2H3,(H,24,25)/t12-,16+,17-. The molecule has 0 spiro atoms. The Morgan fingerprint density at radius 2 is 2.00 bits per heavy atom. The zero-order chi connectivity index (χ0) is 18.0. The van der Waals surface area contributed by atoms with E-state index in [0.717, 1.165) is 0 Å². The molecule has 1 aliphatic heterocycles.